The van der Waals surface area contributed by atoms with Gasteiger partial charge in [-0.2, -0.15) is 0 Å². The molecule has 2 atom stereocenters. The van der Waals surface area contributed by atoms with Gasteiger partial charge in [0.25, 0.3) is 0 Å². The van der Waals surface area contributed by atoms with Crippen LogP contribution in [0.4, 0.5) is 0 Å². The Hall–Kier alpha value is -1.13. The number of esters is 2. The monoisotopic (exact) mass is 524 g/mol. The zero-order chi connectivity index (χ0) is 26.0. The van der Waals surface area contributed by atoms with Crippen molar-refractivity contribution in [2.24, 2.45) is 0 Å². The molecule has 0 rings (SSSR count). The third-order valence-corrected chi connectivity index (χ3v) is 11.3. The maximum absolute atomic E-state index is 12.5. The quantitative estimate of drug-likeness (QED) is 0.134. The lowest BCUT2D eigenvalue weighted by molar-refractivity contribution is -0.146. The molecule has 0 aromatic heterocycles. The van der Waals surface area contributed by atoms with Crippen molar-refractivity contribution < 1.29 is 45.6 Å². The third-order valence-electron chi connectivity index (χ3n) is 4.48. The Labute approximate surface area is 206 Å². The van der Waals surface area contributed by atoms with E-state index in [1.54, 1.807) is 0 Å². The van der Waals surface area contributed by atoms with Crippen molar-refractivity contribution >= 4 is 29.5 Å². The summed E-state index contributed by atoms with van der Waals surface area (Å²) in [5, 5.41) is 0. The zero-order valence-electron chi connectivity index (χ0n) is 22.0. The first-order valence-corrected chi connectivity index (χ1v) is 15.8. The number of ether oxygens (including phenoxy) is 2. The summed E-state index contributed by atoms with van der Waals surface area (Å²) in [5.74, 6) is -1.45. The molecule has 0 saturated carbocycles. The van der Waals surface area contributed by atoms with Crippen molar-refractivity contribution in [3.63, 3.8) is 0 Å². The van der Waals surface area contributed by atoms with Crippen LogP contribution in [0.15, 0.2) is 12.2 Å². The van der Waals surface area contributed by atoms with Gasteiger partial charge in [0.05, 0.1) is 0 Å². The molecule has 0 aliphatic carbocycles. The minimum absolute atomic E-state index is 0.353. The van der Waals surface area contributed by atoms with E-state index in [-0.39, 0.29) is 0 Å². The summed E-state index contributed by atoms with van der Waals surface area (Å²) in [6.45, 7) is 16.8. The predicted molar refractivity (Wildman–Crippen MR) is 131 cm³/mol. The first-order valence-electron chi connectivity index (χ1n) is 12.2. The van der Waals surface area contributed by atoms with Gasteiger partial charge in [-0.15, -0.1) is 0 Å². The van der Waals surface area contributed by atoms with Crippen molar-refractivity contribution in [2.45, 2.75) is 79.7 Å². The molecular weight excluding hydrogens is 480 g/mol. The van der Waals surface area contributed by atoms with Gasteiger partial charge in [0.15, 0.2) is 11.5 Å². The van der Waals surface area contributed by atoms with Crippen LogP contribution in [0.25, 0.3) is 0 Å². The predicted octanol–water partition coefficient (Wildman–Crippen LogP) is 3.36. The lowest BCUT2D eigenvalue weighted by atomic mass is 10.4. The summed E-state index contributed by atoms with van der Waals surface area (Å²) >= 11 is 0. The summed E-state index contributed by atoms with van der Waals surface area (Å²) in [5.41, 5.74) is -1.42. The Kier molecular flexibility index (Phi) is 17.6. The molecule has 0 aromatic rings. The van der Waals surface area contributed by atoms with Crippen molar-refractivity contribution in [1.29, 1.82) is 0 Å². The molecule has 10 nitrogen and oxygen atoms in total. The summed E-state index contributed by atoms with van der Waals surface area (Å²) in [7, 11) is -6.53. The van der Waals surface area contributed by atoms with E-state index < -0.39 is 41.0 Å². The van der Waals surface area contributed by atoms with Gasteiger partial charge >= 0.3 is 29.5 Å². The summed E-state index contributed by atoms with van der Waals surface area (Å²) in [4.78, 5) is 25.0. The normalized spacial score (nSPS) is 14.2. The minimum Gasteiger partial charge on any atom is -0.455 e. The van der Waals surface area contributed by atoms with Gasteiger partial charge in [-0.25, -0.2) is 9.59 Å². The van der Waals surface area contributed by atoms with Crippen LogP contribution in [-0.2, 0) is 45.6 Å². The largest absolute Gasteiger partial charge is 0.544 e. The maximum atomic E-state index is 12.5. The van der Waals surface area contributed by atoms with Crippen LogP contribution in [0.5, 0.6) is 0 Å². The highest BCUT2D eigenvalue weighted by Crippen LogP contribution is 2.22. The van der Waals surface area contributed by atoms with E-state index in [9.17, 15) is 9.59 Å². The Balaban J connectivity index is 5.44. The standard InChI is InChI=1S/C22H44O10Si2/c1-9-21(33(25-11-3,26-12-4)27-13-5)31-19(23)17-18-20(24)32-22(10-2)34(28-14-6,29-15-7)30-16-8/h17-18,21-22H,9-16H2,1-8H3/b18-17+. The number of carbonyl (C=O) groups is 2. The average molecular weight is 525 g/mol. The van der Waals surface area contributed by atoms with Crippen LogP contribution in [0.1, 0.15) is 68.2 Å². The number of carbonyl (C=O) groups excluding carboxylic acids is 2. The molecule has 0 fully saturated rings. The highest BCUT2D eigenvalue weighted by molar-refractivity contribution is 6.62. The second kappa shape index (κ2) is 18.2. The molecule has 0 spiro atoms. The van der Waals surface area contributed by atoms with Crippen molar-refractivity contribution in [1.82, 2.24) is 0 Å². The van der Waals surface area contributed by atoms with E-state index in [0.29, 0.717) is 52.5 Å². The van der Waals surface area contributed by atoms with Gasteiger partial charge in [-0.05, 0) is 54.4 Å². The zero-order valence-corrected chi connectivity index (χ0v) is 24.0. The van der Waals surface area contributed by atoms with Gasteiger partial charge < -0.3 is 36.0 Å². The van der Waals surface area contributed by atoms with Gasteiger partial charge in [0.2, 0.25) is 0 Å². The fraction of sp³-hybridized carbons (Fsp3) is 0.818. The number of rotatable bonds is 20. The molecule has 0 saturated heterocycles. The van der Waals surface area contributed by atoms with Gasteiger partial charge in [0, 0.05) is 51.8 Å². The second-order valence-electron chi connectivity index (χ2n) is 6.81. The first kappa shape index (κ1) is 32.9. The smallest absolute Gasteiger partial charge is 0.455 e. The molecule has 0 N–H and O–H groups in total. The molecule has 0 amide bonds. The molecule has 0 heterocycles. The van der Waals surface area contributed by atoms with Crippen molar-refractivity contribution in [3.05, 3.63) is 12.2 Å². The molecule has 0 aliphatic heterocycles. The van der Waals surface area contributed by atoms with Gasteiger partial charge in [-0.3, -0.25) is 0 Å². The minimum atomic E-state index is -3.27. The molecule has 2 unspecified atom stereocenters. The molecule has 0 aliphatic rings. The van der Waals surface area contributed by atoms with Crippen LogP contribution in [0, 0.1) is 0 Å². The van der Waals surface area contributed by atoms with Crippen LogP contribution in [-0.4, -0.2) is 80.6 Å². The van der Waals surface area contributed by atoms with Crippen molar-refractivity contribution in [2.75, 3.05) is 39.6 Å². The Morgan fingerprint density at radius 1 is 0.529 bits per heavy atom. The van der Waals surface area contributed by atoms with E-state index in [4.69, 9.17) is 36.0 Å². The average Bonchev–Trinajstić information content (AvgIpc) is 2.80. The van der Waals surface area contributed by atoms with Crippen LogP contribution in [0.3, 0.4) is 0 Å². The topological polar surface area (TPSA) is 108 Å². The summed E-state index contributed by atoms with van der Waals surface area (Å²) in [6, 6.07) is 0. The fourth-order valence-electron chi connectivity index (χ4n) is 3.32. The molecular formula is C22H44O10Si2. The van der Waals surface area contributed by atoms with Crippen molar-refractivity contribution in [3.8, 4) is 0 Å². The van der Waals surface area contributed by atoms with Crippen LogP contribution < -0.4 is 0 Å². The molecule has 0 radical (unpaired) electrons. The number of hydrogen-bond acceptors (Lipinski definition) is 10. The SMILES string of the molecule is CCO[Si](OCC)(OCC)C(CC)OC(=O)/C=C/C(=O)OC(CC)[Si](OCC)(OCC)OCC. The van der Waals surface area contributed by atoms with Gasteiger partial charge in [-0.1, -0.05) is 13.8 Å². The van der Waals surface area contributed by atoms with E-state index in [1.165, 1.54) is 0 Å². The van der Waals surface area contributed by atoms with E-state index in [0.717, 1.165) is 12.2 Å². The summed E-state index contributed by atoms with van der Waals surface area (Å²) in [6.07, 6.45) is 2.90. The van der Waals surface area contributed by atoms with E-state index in [2.05, 4.69) is 0 Å². The summed E-state index contributed by atoms with van der Waals surface area (Å²) < 4.78 is 46.1. The molecule has 34 heavy (non-hydrogen) atoms. The molecule has 0 aromatic carbocycles. The maximum Gasteiger partial charge on any atom is 0.544 e. The van der Waals surface area contributed by atoms with E-state index in [1.807, 2.05) is 55.4 Å². The Bertz CT molecular complexity index is 518. The first-order chi connectivity index (χ1) is 16.3. The molecule has 200 valence electrons. The number of hydrogen-bond donors (Lipinski definition) is 0. The third kappa shape index (κ3) is 10.2. The lowest BCUT2D eigenvalue weighted by Gasteiger charge is -2.34. The Morgan fingerprint density at radius 3 is 0.941 bits per heavy atom. The lowest BCUT2D eigenvalue weighted by Crippen LogP contribution is -2.58. The highest BCUT2D eigenvalue weighted by Gasteiger charge is 2.52. The van der Waals surface area contributed by atoms with Gasteiger partial charge in [0.1, 0.15) is 0 Å². The van der Waals surface area contributed by atoms with Crippen LogP contribution in [0.2, 0.25) is 0 Å². The van der Waals surface area contributed by atoms with Crippen LogP contribution >= 0.6 is 0 Å². The molecule has 0 bridgehead atoms. The highest BCUT2D eigenvalue weighted by atomic mass is 28.4. The van der Waals surface area contributed by atoms with E-state index >= 15 is 0 Å². The fourth-order valence-corrected chi connectivity index (χ4v) is 8.87. The second-order valence-corrected chi connectivity index (χ2v) is 12.2. The molecule has 12 heteroatoms. The Morgan fingerprint density at radius 2 is 0.765 bits per heavy atom.